The minimum atomic E-state index is -0.549. The standard InChI is InChI=1S/C12H12FNO/c1-9(2)5-6-15-11-4-3-10(8-14)12(13)7-11/h3-5,7H,6H2,1-2H3. The number of benzene rings is 1. The van der Waals surface area contributed by atoms with Crippen molar-refractivity contribution in [2.24, 2.45) is 0 Å². The second-order valence-corrected chi connectivity index (χ2v) is 3.35. The lowest BCUT2D eigenvalue weighted by Crippen LogP contribution is -1.95. The molecule has 0 spiro atoms. The van der Waals surface area contributed by atoms with Crippen LogP contribution in [0.15, 0.2) is 29.8 Å². The van der Waals surface area contributed by atoms with Gasteiger partial charge in [-0.1, -0.05) is 5.57 Å². The zero-order valence-corrected chi connectivity index (χ0v) is 8.75. The van der Waals surface area contributed by atoms with E-state index in [4.69, 9.17) is 10.00 Å². The number of hydrogen-bond acceptors (Lipinski definition) is 2. The first-order chi connectivity index (χ1) is 7.13. The summed E-state index contributed by atoms with van der Waals surface area (Å²) in [4.78, 5) is 0. The number of rotatable bonds is 3. The molecule has 0 saturated heterocycles. The van der Waals surface area contributed by atoms with Crippen molar-refractivity contribution in [1.82, 2.24) is 0 Å². The topological polar surface area (TPSA) is 33.0 Å². The molecule has 0 fully saturated rings. The summed E-state index contributed by atoms with van der Waals surface area (Å²) in [6, 6.07) is 5.97. The van der Waals surface area contributed by atoms with E-state index in [9.17, 15) is 4.39 Å². The van der Waals surface area contributed by atoms with Gasteiger partial charge in [-0.3, -0.25) is 0 Å². The van der Waals surface area contributed by atoms with Crippen molar-refractivity contribution in [2.45, 2.75) is 13.8 Å². The average molecular weight is 205 g/mol. The summed E-state index contributed by atoms with van der Waals surface area (Å²) in [5, 5.41) is 8.52. The fraction of sp³-hybridized carbons (Fsp3) is 0.250. The number of halogens is 1. The van der Waals surface area contributed by atoms with Crippen LogP contribution >= 0.6 is 0 Å². The first kappa shape index (κ1) is 11.3. The van der Waals surface area contributed by atoms with Crippen LogP contribution in [0.2, 0.25) is 0 Å². The highest BCUT2D eigenvalue weighted by Gasteiger charge is 2.02. The fourth-order valence-electron chi connectivity index (χ4n) is 0.981. The summed E-state index contributed by atoms with van der Waals surface area (Å²) >= 11 is 0. The van der Waals surface area contributed by atoms with Crippen molar-refractivity contribution >= 4 is 0 Å². The highest BCUT2D eigenvalue weighted by Crippen LogP contribution is 2.15. The fourth-order valence-corrected chi connectivity index (χ4v) is 0.981. The third kappa shape index (κ3) is 3.43. The van der Waals surface area contributed by atoms with E-state index in [-0.39, 0.29) is 5.56 Å². The van der Waals surface area contributed by atoms with E-state index in [1.807, 2.05) is 19.9 Å². The summed E-state index contributed by atoms with van der Waals surface area (Å²) in [5.74, 6) is -0.115. The van der Waals surface area contributed by atoms with Gasteiger partial charge in [-0.25, -0.2) is 4.39 Å². The molecule has 0 aliphatic carbocycles. The summed E-state index contributed by atoms with van der Waals surface area (Å²) in [7, 11) is 0. The Morgan fingerprint density at radius 1 is 1.53 bits per heavy atom. The highest BCUT2D eigenvalue weighted by molar-refractivity contribution is 5.36. The summed E-state index contributed by atoms with van der Waals surface area (Å²) in [6.45, 7) is 4.33. The van der Waals surface area contributed by atoms with Crippen molar-refractivity contribution in [3.05, 3.63) is 41.2 Å². The molecule has 0 N–H and O–H groups in total. The molecule has 1 aromatic rings. The predicted molar refractivity (Wildman–Crippen MR) is 56.0 cm³/mol. The summed E-state index contributed by atoms with van der Waals surface area (Å²) < 4.78 is 18.4. The molecule has 1 rings (SSSR count). The SMILES string of the molecule is CC(C)=CCOc1ccc(C#N)c(F)c1. The molecular formula is C12H12FNO. The molecule has 0 aliphatic rings. The van der Waals surface area contributed by atoms with E-state index in [1.165, 1.54) is 12.1 Å². The minimum absolute atomic E-state index is 0.0320. The largest absolute Gasteiger partial charge is 0.489 e. The first-order valence-electron chi connectivity index (χ1n) is 4.59. The Labute approximate surface area is 88.6 Å². The van der Waals surface area contributed by atoms with Gasteiger partial charge in [0.2, 0.25) is 0 Å². The lowest BCUT2D eigenvalue weighted by Gasteiger charge is -2.03. The lowest BCUT2D eigenvalue weighted by atomic mass is 10.2. The highest BCUT2D eigenvalue weighted by atomic mass is 19.1. The van der Waals surface area contributed by atoms with Crippen LogP contribution in [0.3, 0.4) is 0 Å². The Bertz CT molecular complexity index is 414. The second kappa shape index (κ2) is 5.16. The van der Waals surface area contributed by atoms with Crippen LogP contribution in [0.4, 0.5) is 4.39 Å². The summed E-state index contributed by atoms with van der Waals surface area (Å²) in [5.41, 5.74) is 1.17. The van der Waals surface area contributed by atoms with Gasteiger partial charge in [-0.2, -0.15) is 5.26 Å². The number of hydrogen-bond donors (Lipinski definition) is 0. The maximum Gasteiger partial charge on any atom is 0.144 e. The molecule has 0 radical (unpaired) electrons. The van der Waals surface area contributed by atoms with Crippen molar-refractivity contribution < 1.29 is 9.13 Å². The van der Waals surface area contributed by atoms with Crippen LogP contribution in [-0.2, 0) is 0 Å². The molecule has 3 heteroatoms. The zero-order valence-electron chi connectivity index (χ0n) is 8.75. The molecular weight excluding hydrogens is 193 g/mol. The smallest absolute Gasteiger partial charge is 0.144 e. The van der Waals surface area contributed by atoms with Crippen molar-refractivity contribution in [1.29, 1.82) is 5.26 Å². The average Bonchev–Trinajstić information content (AvgIpc) is 2.17. The molecule has 2 nitrogen and oxygen atoms in total. The molecule has 0 aromatic heterocycles. The van der Waals surface area contributed by atoms with E-state index in [0.717, 1.165) is 5.57 Å². The van der Waals surface area contributed by atoms with Crippen LogP contribution in [0.25, 0.3) is 0 Å². The van der Waals surface area contributed by atoms with E-state index >= 15 is 0 Å². The van der Waals surface area contributed by atoms with Gasteiger partial charge in [0.1, 0.15) is 24.2 Å². The van der Waals surface area contributed by atoms with Gasteiger partial charge in [0.15, 0.2) is 0 Å². The summed E-state index contributed by atoms with van der Waals surface area (Å²) in [6.07, 6.45) is 1.90. The number of nitriles is 1. The number of allylic oxidation sites excluding steroid dienone is 1. The van der Waals surface area contributed by atoms with Gasteiger partial charge < -0.3 is 4.74 Å². The quantitative estimate of drug-likeness (QED) is 0.710. The van der Waals surface area contributed by atoms with E-state index < -0.39 is 5.82 Å². The van der Waals surface area contributed by atoms with Crippen molar-refractivity contribution in [3.63, 3.8) is 0 Å². The maximum absolute atomic E-state index is 13.1. The van der Waals surface area contributed by atoms with Crippen molar-refractivity contribution in [2.75, 3.05) is 6.61 Å². The second-order valence-electron chi connectivity index (χ2n) is 3.35. The maximum atomic E-state index is 13.1. The molecule has 1 aromatic carbocycles. The molecule has 78 valence electrons. The molecule has 0 atom stereocenters. The Kier molecular flexibility index (Phi) is 3.87. The number of ether oxygens (including phenoxy) is 1. The Hall–Kier alpha value is -1.82. The molecule has 0 unspecified atom stereocenters. The Morgan fingerprint density at radius 2 is 2.27 bits per heavy atom. The monoisotopic (exact) mass is 205 g/mol. The molecule has 15 heavy (non-hydrogen) atoms. The van der Waals surface area contributed by atoms with Crippen LogP contribution in [0, 0.1) is 17.1 Å². The van der Waals surface area contributed by atoms with E-state index in [1.54, 1.807) is 12.1 Å². The third-order valence-corrected chi connectivity index (χ3v) is 1.80. The zero-order chi connectivity index (χ0) is 11.3. The Morgan fingerprint density at radius 3 is 2.80 bits per heavy atom. The third-order valence-electron chi connectivity index (χ3n) is 1.80. The van der Waals surface area contributed by atoms with Crippen molar-refractivity contribution in [3.8, 4) is 11.8 Å². The molecule has 0 heterocycles. The molecule has 0 saturated carbocycles. The first-order valence-corrected chi connectivity index (χ1v) is 4.59. The van der Waals surface area contributed by atoms with Gasteiger partial charge in [-0.05, 0) is 32.1 Å². The molecule has 0 amide bonds. The predicted octanol–water partition coefficient (Wildman–Crippen LogP) is 3.04. The Balaban J connectivity index is 2.69. The van der Waals surface area contributed by atoms with Crippen LogP contribution in [-0.4, -0.2) is 6.61 Å². The van der Waals surface area contributed by atoms with Crippen LogP contribution < -0.4 is 4.74 Å². The van der Waals surface area contributed by atoms with E-state index in [0.29, 0.717) is 12.4 Å². The minimum Gasteiger partial charge on any atom is -0.489 e. The normalized spacial score (nSPS) is 9.20. The van der Waals surface area contributed by atoms with Gasteiger partial charge in [0.25, 0.3) is 0 Å². The van der Waals surface area contributed by atoms with Crippen LogP contribution in [0.1, 0.15) is 19.4 Å². The van der Waals surface area contributed by atoms with Gasteiger partial charge in [0.05, 0.1) is 5.56 Å². The van der Waals surface area contributed by atoms with Gasteiger partial charge >= 0.3 is 0 Å². The molecule has 0 aliphatic heterocycles. The van der Waals surface area contributed by atoms with Gasteiger partial charge in [0, 0.05) is 6.07 Å². The lowest BCUT2D eigenvalue weighted by molar-refractivity contribution is 0.359. The van der Waals surface area contributed by atoms with Gasteiger partial charge in [-0.15, -0.1) is 0 Å². The molecule has 0 bridgehead atoms. The number of nitrogens with zero attached hydrogens (tertiary/aromatic N) is 1. The van der Waals surface area contributed by atoms with Crippen LogP contribution in [0.5, 0.6) is 5.75 Å². The van der Waals surface area contributed by atoms with E-state index in [2.05, 4.69) is 0 Å².